The molecular weight excluding hydrogens is 237 g/mol. The second-order valence-corrected chi connectivity index (χ2v) is 4.14. The molecule has 4 nitrogen and oxygen atoms in total. The van der Waals surface area contributed by atoms with E-state index in [9.17, 15) is 18.8 Å². The number of rotatable bonds is 3. The molecule has 5 heteroatoms. The van der Waals surface area contributed by atoms with Crippen molar-refractivity contribution in [1.82, 2.24) is 0 Å². The molecule has 1 aliphatic heterocycles. The average molecular weight is 249 g/mol. The van der Waals surface area contributed by atoms with Gasteiger partial charge >= 0.3 is 0 Å². The molecule has 0 saturated carbocycles. The molecule has 0 N–H and O–H groups in total. The van der Waals surface area contributed by atoms with Crippen LogP contribution in [0.3, 0.4) is 0 Å². The van der Waals surface area contributed by atoms with E-state index in [-0.39, 0.29) is 23.5 Å². The van der Waals surface area contributed by atoms with Gasteiger partial charge in [-0.25, -0.2) is 4.39 Å². The summed E-state index contributed by atoms with van der Waals surface area (Å²) >= 11 is 0. The molecule has 1 aromatic rings. The van der Waals surface area contributed by atoms with Crippen LogP contribution in [0, 0.1) is 5.82 Å². The Labute approximate surface area is 103 Å². The zero-order chi connectivity index (χ0) is 13.4. The van der Waals surface area contributed by atoms with E-state index >= 15 is 0 Å². The minimum Gasteiger partial charge on any atom is -0.297 e. The van der Waals surface area contributed by atoms with Gasteiger partial charge in [0.1, 0.15) is 5.82 Å². The lowest BCUT2D eigenvalue weighted by Crippen LogP contribution is -2.42. The van der Waals surface area contributed by atoms with Crippen molar-refractivity contribution in [2.24, 2.45) is 0 Å². The van der Waals surface area contributed by atoms with Crippen molar-refractivity contribution in [3.63, 3.8) is 0 Å². The average Bonchev–Trinajstić information content (AvgIpc) is 2.62. The van der Waals surface area contributed by atoms with Crippen molar-refractivity contribution in [3.05, 3.63) is 29.6 Å². The summed E-state index contributed by atoms with van der Waals surface area (Å²) in [7, 11) is 0. The summed E-state index contributed by atoms with van der Waals surface area (Å²) in [5.74, 6) is -2.49. The van der Waals surface area contributed by atoms with Crippen LogP contribution in [0.4, 0.5) is 10.1 Å². The molecule has 0 saturated heterocycles. The van der Waals surface area contributed by atoms with E-state index in [2.05, 4.69) is 0 Å². The first-order chi connectivity index (χ1) is 8.49. The highest BCUT2D eigenvalue weighted by Crippen LogP contribution is 2.33. The van der Waals surface area contributed by atoms with Crippen molar-refractivity contribution in [2.75, 3.05) is 4.90 Å². The van der Waals surface area contributed by atoms with Gasteiger partial charge in [0.25, 0.3) is 11.7 Å². The second-order valence-electron chi connectivity index (χ2n) is 4.14. The Balaban J connectivity index is 2.55. The quantitative estimate of drug-likeness (QED) is 0.766. The number of para-hydroxylation sites is 1. The fourth-order valence-electron chi connectivity index (χ4n) is 2.08. The molecule has 1 heterocycles. The van der Waals surface area contributed by atoms with Gasteiger partial charge < -0.3 is 0 Å². The van der Waals surface area contributed by atoms with Crippen LogP contribution in [0.2, 0.25) is 0 Å². The first-order valence-electron chi connectivity index (χ1n) is 5.68. The topological polar surface area (TPSA) is 54.5 Å². The van der Waals surface area contributed by atoms with E-state index in [4.69, 9.17) is 0 Å². The number of ketones is 2. The van der Waals surface area contributed by atoms with Gasteiger partial charge in [-0.1, -0.05) is 13.0 Å². The maximum absolute atomic E-state index is 13.8. The fourth-order valence-corrected chi connectivity index (χ4v) is 2.08. The molecule has 0 aromatic heterocycles. The highest BCUT2D eigenvalue weighted by Gasteiger charge is 2.41. The maximum atomic E-state index is 13.8. The number of carbonyl (C=O) groups is 3. The number of carbonyl (C=O) groups excluding carboxylic acids is 3. The molecule has 1 unspecified atom stereocenters. The molecule has 2 rings (SSSR count). The van der Waals surface area contributed by atoms with E-state index in [1.807, 2.05) is 0 Å². The van der Waals surface area contributed by atoms with Gasteiger partial charge in [0.2, 0.25) is 0 Å². The maximum Gasteiger partial charge on any atom is 0.300 e. The Morgan fingerprint density at radius 2 is 2.06 bits per heavy atom. The molecule has 18 heavy (non-hydrogen) atoms. The Hall–Kier alpha value is -2.04. The standard InChI is InChI=1S/C13H12FNO3/c1-3-10(16)7(2)15-11-8(12(17)13(15)18)5-4-6-9(11)14/h4-7H,3H2,1-2H3. The predicted molar refractivity (Wildman–Crippen MR) is 63.0 cm³/mol. The smallest absolute Gasteiger partial charge is 0.297 e. The second kappa shape index (κ2) is 4.33. The van der Waals surface area contributed by atoms with Gasteiger partial charge in [-0.05, 0) is 19.1 Å². The summed E-state index contributed by atoms with van der Waals surface area (Å²) in [6.07, 6.45) is 0.225. The van der Waals surface area contributed by atoms with Crippen LogP contribution < -0.4 is 4.90 Å². The van der Waals surface area contributed by atoms with Crippen LogP contribution in [0.1, 0.15) is 30.6 Å². The van der Waals surface area contributed by atoms with Crippen LogP contribution >= 0.6 is 0 Å². The Morgan fingerprint density at radius 1 is 1.39 bits per heavy atom. The molecule has 94 valence electrons. The number of halogens is 1. The van der Waals surface area contributed by atoms with Gasteiger partial charge in [0, 0.05) is 6.42 Å². The van der Waals surface area contributed by atoms with E-state index in [0.717, 1.165) is 4.90 Å². The predicted octanol–water partition coefficient (Wildman–Crippen LogP) is 1.72. The third-order valence-corrected chi connectivity index (χ3v) is 3.09. The fraction of sp³-hybridized carbons (Fsp3) is 0.308. The summed E-state index contributed by atoms with van der Waals surface area (Å²) < 4.78 is 13.8. The van der Waals surface area contributed by atoms with Gasteiger partial charge in [0.15, 0.2) is 5.78 Å². The summed E-state index contributed by atoms with van der Waals surface area (Å²) in [6, 6.07) is 3.10. The number of anilines is 1. The molecule has 0 fully saturated rings. The monoisotopic (exact) mass is 249 g/mol. The Morgan fingerprint density at radius 3 is 2.67 bits per heavy atom. The van der Waals surface area contributed by atoms with Gasteiger partial charge in [-0.3, -0.25) is 19.3 Å². The molecule has 1 atom stereocenters. The van der Waals surface area contributed by atoms with Gasteiger partial charge in [0.05, 0.1) is 17.3 Å². The van der Waals surface area contributed by atoms with E-state index < -0.39 is 23.5 Å². The minimum atomic E-state index is -0.843. The zero-order valence-electron chi connectivity index (χ0n) is 10.1. The minimum absolute atomic E-state index is 0.0238. The van der Waals surface area contributed by atoms with Crippen molar-refractivity contribution < 1.29 is 18.8 Å². The lowest BCUT2D eigenvalue weighted by molar-refractivity contribution is -0.122. The van der Waals surface area contributed by atoms with Crippen LogP contribution in [0.25, 0.3) is 0 Å². The van der Waals surface area contributed by atoms with Crippen LogP contribution in [-0.4, -0.2) is 23.5 Å². The largest absolute Gasteiger partial charge is 0.300 e. The van der Waals surface area contributed by atoms with Crippen molar-refractivity contribution in [2.45, 2.75) is 26.3 Å². The lowest BCUT2D eigenvalue weighted by Gasteiger charge is -2.23. The first-order valence-corrected chi connectivity index (χ1v) is 5.68. The zero-order valence-corrected chi connectivity index (χ0v) is 10.1. The third-order valence-electron chi connectivity index (χ3n) is 3.09. The molecule has 1 amide bonds. The summed E-state index contributed by atoms with van der Waals surface area (Å²) in [5.41, 5.74) is -0.0578. The number of benzene rings is 1. The van der Waals surface area contributed by atoms with E-state index in [1.54, 1.807) is 6.92 Å². The molecule has 0 spiro atoms. The van der Waals surface area contributed by atoms with Crippen LogP contribution in [0.15, 0.2) is 18.2 Å². The van der Waals surface area contributed by atoms with Crippen LogP contribution in [0.5, 0.6) is 0 Å². The molecular formula is C13H12FNO3. The van der Waals surface area contributed by atoms with E-state index in [0.29, 0.717) is 0 Å². The van der Waals surface area contributed by atoms with Gasteiger partial charge in [-0.15, -0.1) is 0 Å². The number of hydrogen-bond donors (Lipinski definition) is 0. The first kappa shape index (κ1) is 12.4. The van der Waals surface area contributed by atoms with E-state index in [1.165, 1.54) is 25.1 Å². The van der Waals surface area contributed by atoms with Crippen molar-refractivity contribution >= 4 is 23.2 Å². The van der Waals surface area contributed by atoms with Crippen LogP contribution in [-0.2, 0) is 9.59 Å². The Kier molecular flexibility index (Phi) is 2.98. The number of amides is 1. The Bertz CT molecular complexity index is 553. The summed E-state index contributed by atoms with van der Waals surface area (Å²) in [4.78, 5) is 36.1. The molecule has 1 aromatic carbocycles. The SMILES string of the molecule is CCC(=O)C(C)N1C(=O)C(=O)c2cccc(F)c21. The lowest BCUT2D eigenvalue weighted by atomic mass is 10.1. The molecule has 0 aliphatic carbocycles. The normalized spacial score (nSPS) is 15.8. The summed E-state index contributed by atoms with van der Waals surface area (Å²) in [5, 5.41) is 0. The number of nitrogens with zero attached hydrogens (tertiary/aromatic N) is 1. The highest BCUT2D eigenvalue weighted by atomic mass is 19.1. The molecule has 1 aliphatic rings. The molecule has 0 radical (unpaired) electrons. The van der Waals surface area contributed by atoms with Gasteiger partial charge in [-0.2, -0.15) is 0 Å². The van der Waals surface area contributed by atoms with Crippen molar-refractivity contribution in [3.8, 4) is 0 Å². The van der Waals surface area contributed by atoms with Crippen molar-refractivity contribution in [1.29, 1.82) is 0 Å². The number of hydrogen-bond acceptors (Lipinski definition) is 3. The number of Topliss-reactive ketones (excluding diaryl/α,β-unsaturated/α-hetero) is 2. The summed E-state index contributed by atoms with van der Waals surface area (Å²) in [6.45, 7) is 3.15. The highest BCUT2D eigenvalue weighted by molar-refractivity contribution is 6.52. The third kappa shape index (κ3) is 1.63. The number of fused-ring (bicyclic) bond motifs is 1. The molecule has 0 bridgehead atoms.